The Morgan fingerprint density at radius 1 is 1.24 bits per heavy atom. The largest absolute Gasteiger partial charge is 0.565 e. The van der Waals surface area contributed by atoms with E-state index in [9.17, 15) is 0 Å². The van der Waals surface area contributed by atoms with Crippen molar-refractivity contribution < 1.29 is 13.3 Å². The second-order valence-corrected chi connectivity index (χ2v) is 6.57. The highest BCUT2D eigenvalue weighted by Gasteiger charge is 2.40. The standard InChI is InChI=1S/C13H20O3Si/c1-5-11-17(14-3,15-4)16-13-10-8-7-9-12(13)6-2/h6-10H,2,5,11H2,1,3-4H3. The van der Waals surface area contributed by atoms with Crippen LogP contribution in [0.1, 0.15) is 18.9 Å². The van der Waals surface area contributed by atoms with E-state index >= 15 is 0 Å². The monoisotopic (exact) mass is 252 g/mol. The third-order valence-corrected chi connectivity index (χ3v) is 5.47. The van der Waals surface area contributed by atoms with Crippen molar-refractivity contribution in [3.8, 4) is 5.75 Å². The van der Waals surface area contributed by atoms with E-state index < -0.39 is 8.80 Å². The van der Waals surface area contributed by atoms with E-state index in [0.29, 0.717) is 0 Å². The quantitative estimate of drug-likeness (QED) is 0.697. The molecule has 0 aliphatic rings. The molecule has 1 aromatic rings. The van der Waals surface area contributed by atoms with Gasteiger partial charge in [0.05, 0.1) is 0 Å². The summed E-state index contributed by atoms with van der Waals surface area (Å²) in [4.78, 5) is 0. The summed E-state index contributed by atoms with van der Waals surface area (Å²) >= 11 is 0. The fourth-order valence-electron chi connectivity index (χ4n) is 1.64. The summed E-state index contributed by atoms with van der Waals surface area (Å²) in [6, 6.07) is 8.54. The molecule has 0 N–H and O–H groups in total. The van der Waals surface area contributed by atoms with Crippen LogP contribution in [0.3, 0.4) is 0 Å². The van der Waals surface area contributed by atoms with Gasteiger partial charge in [-0.3, -0.25) is 0 Å². The molecule has 0 spiro atoms. The number of hydrogen-bond acceptors (Lipinski definition) is 3. The van der Waals surface area contributed by atoms with Gasteiger partial charge in [-0.2, -0.15) is 0 Å². The topological polar surface area (TPSA) is 27.7 Å². The molecule has 0 aliphatic heterocycles. The molecule has 0 saturated heterocycles. The molecule has 0 aromatic heterocycles. The van der Waals surface area contributed by atoms with Crippen molar-refractivity contribution in [1.82, 2.24) is 0 Å². The maximum absolute atomic E-state index is 5.99. The van der Waals surface area contributed by atoms with Gasteiger partial charge in [0.15, 0.2) is 0 Å². The second-order valence-electron chi connectivity index (χ2n) is 3.69. The number of benzene rings is 1. The summed E-state index contributed by atoms with van der Waals surface area (Å²) in [7, 11) is 0.702. The van der Waals surface area contributed by atoms with E-state index in [1.54, 1.807) is 20.3 Å². The number of para-hydroxylation sites is 1. The van der Waals surface area contributed by atoms with Gasteiger partial charge in [0.25, 0.3) is 0 Å². The lowest BCUT2D eigenvalue weighted by Gasteiger charge is -2.27. The minimum Gasteiger partial charge on any atom is -0.500 e. The molecule has 0 fully saturated rings. The zero-order chi connectivity index (χ0) is 12.7. The average molecular weight is 252 g/mol. The normalized spacial score (nSPS) is 11.2. The Labute approximate surface area is 104 Å². The molecular formula is C13H20O3Si. The summed E-state index contributed by atoms with van der Waals surface area (Å²) in [6.45, 7) is 5.86. The third-order valence-electron chi connectivity index (χ3n) is 2.58. The Balaban J connectivity index is 2.96. The first kappa shape index (κ1) is 14.0. The van der Waals surface area contributed by atoms with Gasteiger partial charge in [0.1, 0.15) is 5.75 Å². The highest BCUT2D eigenvalue weighted by molar-refractivity contribution is 6.61. The van der Waals surface area contributed by atoms with Crippen LogP contribution in [0, 0.1) is 0 Å². The molecule has 0 amide bonds. The Morgan fingerprint density at radius 2 is 1.88 bits per heavy atom. The maximum atomic E-state index is 5.99. The van der Waals surface area contributed by atoms with Crippen molar-refractivity contribution in [2.75, 3.05) is 14.2 Å². The lowest BCUT2D eigenvalue weighted by atomic mass is 10.2. The molecule has 0 unspecified atom stereocenters. The van der Waals surface area contributed by atoms with Crippen molar-refractivity contribution in [3.05, 3.63) is 36.4 Å². The van der Waals surface area contributed by atoms with Crippen LogP contribution in [0.15, 0.2) is 30.8 Å². The van der Waals surface area contributed by atoms with Crippen molar-refractivity contribution in [2.45, 2.75) is 19.4 Å². The molecule has 0 aliphatic carbocycles. The lowest BCUT2D eigenvalue weighted by molar-refractivity contribution is 0.160. The predicted molar refractivity (Wildman–Crippen MR) is 72.0 cm³/mol. The van der Waals surface area contributed by atoms with E-state index in [-0.39, 0.29) is 0 Å². The van der Waals surface area contributed by atoms with Gasteiger partial charge in [-0.15, -0.1) is 0 Å². The summed E-state index contributed by atoms with van der Waals surface area (Å²) < 4.78 is 17.0. The van der Waals surface area contributed by atoms with Gasteiger partial charge in [-0.25, -0.2) is 0 Å². The minimum absolute atomic E-state index is 0.770. The molecule has 0 radical (unpaired) electrons. The Bertz CT molecular complexity index is 361. The first-order chi connectivity index (χ1) is 8.21. The average Bonchev–Trinajstić information content (AvgIpc) is 2.38. The van der Waals surface area contributed by atoms with E-state index in [4.69, 9.17) is 13.3 Å². The van der Waals surface area contributed by atoms with E-state index in [0.717, 1.165) is 23.8 Å². The molecule has 0 heterocycles. The fraction of sp³-hybridized carbons (Fsp3) is 0.385. The van der Waals surface area contributed by atoms with Crippen molar-refractivity contribution in [3.63, 3.8) is 0 Å². The molecule has 3 nitrogen and oxygen atoms in total. The van der Waals surface area contributed by atoms with Crippen molar-refractivity contribution in [2.24, 2.45) is 0 Å². The van der Waals surface area contributed by atoms with E-state index in [1.807, 2.05) is 24.3 Å². The summed E-state index contributed by atoms with van der Waals surface area (Å²) in [6.07, 6.45) is 2.73. The minimum atomic E-state index is -2.58. The maximum Gasteiger partial charge on any atom is 0.565 e. The highest BCUT2D eigenvalue weighted by atomic mass is 28.4. The van der Waals surface area contributed by atoms with Gasteiger partial charge in [-0.05, 0) is 6.07 Å². The molecule has 1 rings (SSSR count). The molecule has 0 atom stereocenters. The molecule has 17 heavy (non-hydrogen) atoms. The first-order valence-electron chi connectivity index (χ1n) is 5.72. The van der Waals surface area contributed by atoms with Gasteiger partial charge in [-0.1, -0.05) is 44.2 Å². The number of rotatable bonds is 7. The molecule has 1 aromatic carbocycles. The summed E-state index contributed by atoms with van der Waals surface area (Å²) in [5.74, 6) is 0.770. The van der Waals surface area contributed by atoms with Crippen molar-refractivity contribution in [1.29, 1.82) is 0 Å². The molecular weight excluding hydrogens is 232 g/mol. The molecule has 94 valence electrons. The van der Waals surface area contributed by atoms with Crippen LogP contribution in [0.5, 0.6) is 5.75 Å². The second kappa shape index (κ2) is 6.59. The Morgan fingerprint density at radius 3 is 2.41 bits per heavy atom. The van der Waals surface area contributed by atoms with Crippen LogP contribution in [-0.2, 0) is 8.85 Å². The van der Waals surface area contributed by atoms with E-state index in [1.165, 1.54) is 0 Å². The van der Waals surface area contributed by atoms with Crippen LogP contribution >= 0.6 is 0 Å². The van der Waals surface area contributed by atoms with Crippen LogP contribution in [-0.4, -0.2) is 23.0 Å². The molecule has 0 bridgehead atoms. The smallest absolute Gasteiger partial charge is 0.500 e. The van der Waals surface area contributed by atoms with Crippen LogP contribution in [0.2, 0.25) is 6.04 Å². The lowest BCUT2D eigenvalue weighted by Crippen LogP contribution is -2.47. The SMILES string of the molecule is C=Cc1ccccc1O[Si](CCC)(OC)OC. The summed E-state index contributed by atoms with van der Waals surface area (Å²) in [5.41, 5.74) is 0.953. The van der Waals surface area contributed by atoms with Crippen molar-refractivity contribution >= 4 is 14.9 Å². The first-order valence-corrected chi connectivity index (χ1v) is 7.65. The van der Waals surface area contributed by atoms with E-state index in [2.05, 4.69) is 13.5 Å². The third kappa shape index (κ3) is 3.43. The molecule has 4 heteroatoms. The van der Waals surface area contributed by atoms with Gasteiger partial charge in [0.2, 0.25) is 0 Å². The highest BCUT2D eigenvalue weighted by Crippen LogP contribution is 2.25. The Hall–Kier alpha value is -1.10. The van der Waals surface area contributed by atoms with Gasteiger partial charge < -0.3 is 13.3 Å². The summed E-state index contributed by atoms with van der Waals surface area (Å²) in [5, 5.41) is 0. The van der Waals surface area contributed by atoms with Gasteiger partial charge in [0, 0.05) is 25.8 Å². The predicted octanol–water partition coefficient (Wildman–Crippen LogP) is 3.35. The van der Waals surface area contributed by atoms with Crippen LogP contribution in [0.25, 0.3) is 6.08 Å². The Kier molecular flexibility index (Phi) is 5.41. The van der Waals surface area contributed by atoms with Crippen LogP contribution < -0.4 is 4.43 Å². The molecule has 0 saturated carbocycles. The zero-order valence-electron chi connectivity index (χ0n) is 10.7. The number of hydrogen-bond donors (Lipinski definition) is 0. The van der Waals surface area contributed by atoms with Gasteiger partial charge >= 0.3 is 8.80 Å². The fourth-order valence-corrected chi connectivity index (χ4v) is 3.61. The van der Waals surface area contributed by atoms with Crippen LogP contribution in [0.4, 0.5) is 0 Å². The zero-order valence-corrected chi connectivity index (χ0v) is 11.7.